The number of anilines is 2. The molecular formula is C32H34N4O5S. The first-order valence-electron chi connectivity index (χ1n) is 13.2. The standard InChI is InChI=1S/C32H34N4O5S/c1-22-8-5-9-23(16-22)20-34-31(37)21-33-27-12-7-13-28(19-27)35-42(39,40)30-18-25(14-15-29(30)41-4)24-10-6-11-26(17-24)32(38)36(2)3/h5-19,33,35H,20-21H2,1-4H3,(H,34,37). The van der Waals surface area contributed by atoms with Gasteiger partial charge in [-0.15, -0.1) is 0 Å². The van der Waals surface area contributed by atoms with Crippen molar-refractivity contribution in [3.05, 3.63) is 108 Å². The van der Waals surface area contributed by atoms with E-state index in [0.29, 0.717) is 34.6 Å². The predicted octanol–water partition coefficient (Wildman–Crippen LogP) is 4.90. The third kappa shape index (κ3) is 7.67. The van der Waals surface area contributed by atoms with Crippen LogP contribution in [0, 0.1) is 6.92 Å². The molecule has 4 aromatic rings. The molecule has 0 spiro atoms. The SMILES string of the molecule is COc1ccc(-c2cccc(C(=O)N(C)C)c2)cc1S(=O)(=O)Nc1cccc(NCC(=O)NCc2cccc(C)c2)c1. The summed E-state index contributed by atoms with van der Waals surface area (Å²) in [5.74, 6) is -0.177. The van der Waals surface area contributed by atoms with Crippen molar-refractivity contribution in [2.45, 2.75) is 18.4 Å². The van der Waals surface area contributed by atoms with Crippen LogP contribution in [0.5, 0.6) is 5.75 Å². The second-order valence-electron chi connectivity index (χ2n) is 9.95. The molecule has 0 bridgehead atoms. The second-order valence-corrected chi connectivity index (χ2v) is 11.6. The van der Waals surface area contributed by atoms with Crippen molar-refractivity contribution in [1.29, 1.82) is 0 Å². The number of nitrogens with one attached hydrogen (secondary N) is 3. The number of rotatable bonds is 11. The van der Waals surface area contributed by atoms with E-state index in [2.05, 4.69) is 15.4 Å². The molecule has 0 heterocycles. The lowest BCUT2D eigenvalue weighted by Gasteiger charge is -2.15. The lowest BCUT2D eigenvalue weighted by Crippen LogP contribution is -2.29. The molecular weight excluding hydrogens is 552 g/mol. The smallest absolute Gasteiger partial charge is 0.265 e. The van der Waals surface area contributed by atoms with Crippen LogP contribution in [0.25, 0.3) is 11.1 Å². The summed E-state index contributed by atoms with van der Waals surface area (Å²) in [6, 6.07) is 26.4. The van der Waals surface area contributed by atoms with Gasteiger partial charge in [0.25, 0.3) is 15.9 Å². The normalized spacial score (nSPS) is 11.0. The largest absolute Gasteiger partial charge is 0.495 e. The number of aryl methyl sites for hydroxylation is 1. The first kappa shape index (κ1) is 30.1. The number of nitrogens with zero attached hydrogens (tertiary/aromatic N) is 1. The highest BCUT2D eigenvalue weighted by Crippen LogP contribution is 2.32. The van der Waals surface area contributed by atoms with Gasteiger partial charge in [-0.25, -0.2) is 8.42 Å². The summed E-state index contributed by atoms with van der Waals surface area (Å²) >= 11 is 0. The minimum atomic E-state index is -4.07. The van der Waals surface area contributed by atoms with Crippen molar-refractivity contribution < 1.29 is 22.7 Å². The summed E-state index contributed by atoms with van der Waals surface area (Å²) in [7, 11) is 0.670. The van der Waals surface area contributed by atoms with Crippen molar-refractivity contribution in [3.63, 3.8) is 0 Å². The topological polar surface area (TPSA) is 117 Å². The van der Waals surface area contributed by atoms with E-state index in [-0.39, 0.29) is 29.0 Å². The Morgan fingerprint density at radius 3 is 2.29 bits per heavy atom. The fraction of sp³-hybridized carbons (Fsp3) is 0.188. The molecule has 0 fully saturated rings. The van der Waals surface area contributed by atoms with Gasteiger partial charge in [0, 0.05) is 31.9 Å². The number of methoxy groups -OCH3 is 1. The molecule has 0 aliphatic rings. The van der Waals surface area contributed by atoms with Crippen molar-refractivity contribution in [3.8, 4) is 16.9 Å². The zero-order chi connectivity index (χ0) is 30.3. The van der Waals surface area contributed by atoms with Crippen molar-refractivity contribution in [2.75, 3.05) is 37.8 Å². The van der Waals surface area contributed by atoms with Crippen LogP contribution in [0.2, 0.25) is 0 Å². The van der Waals surface area contributed by atoms with Gasteiger partial charge in [0.1, 0.15) is 10.6 Å². The van der Waals surface area contributed by atoms with Crippen molar-refractivity contribution >= 4 is 33.2 Å². The van der Waals surface area contributed by atoms with Crippen LogP contribution < -0.4 is 20.1 Å². The maximum absolute atomic E-state index is 13.5. The maximum Gasteiger partial charge on any atom is 0.265 e. The van der Waals surface area contributed by atoms with Gasteiger partial charge in [0.15, 0.2) is 0 Å². The van der Waals surface area contributed by atoms with E-state index in [0.717, 1.165) is 11.1 Å². The first-order valence-corrected chi connectivity index (χ1v) is 14.7. The van der Waals surface area contributed by atoms with Gasteiger partial charge in [-0.05, 0) is 66.1 Å². The fourth-order valence-corrected chi connectivity index (χ4v) is 5.57. The van der Waals surface area contributed by atoms with Crippen LogP contribution in [0.15, 0.2) is 95.9 Å². The quantitative estimate of drug-likeness (QED) is 0.230. The number of hydrogen-bond acceptors (Lipinski definition) is 6. The minimum Gasteiger partial charge on any atom is -0.495 e. The molecule has 0 aromatic heterocycles. The molecule has 0 saturated heterocycles. The molecule has 2 amide bonds. The Morgan fingerprint density at radius 1 is 0.833 bits per heavy atom. The molecule has 0 aliphatic carbocycles. The average Bonchev–Trinajstić information content (AvgIpc) is 2.98. The van der Waals surface area contributed by atoms with Crippen LogP contribution in [0.3, 0.4) is 0 Å². The third-order valence-electron chi connectivity index (χ3n) is 6.44. The summed E-state index contributed by atoms with van der Waals surface area (Å²) in [6.07, 6.45) is 0. The molecule has 0 atom stereocenters. The lowest BCUT2D eigenvalue weighted by molar-refractivity contribution is -0.119. The molecule has 0 aliphatic heterocycles. The van der Waals surface area contributed by atoms with Crippen LogP contribution in [0.4, 0.5) is 11.4 Å². The Kier molecular flexibility index (Phi) is 9.49. The Hall–Kier alpha value is -4.83. The Labute approximate surface area is 246 Å². The molecule has 10 heteroatoms. The Morgan fingerprint density at radius 2 is 1.55 bits per heavy atom. The summed E-state index contributed by atoms with van der Waals surface area (Å²) < 4.78 is 35.0. The van der Waals surface area contributed by atoms with Crippen LogP contribution >= 0.6 is 0 Å². The van der Waals surface area contributed by atoms with Gasteiger partial charge >= 0.3 is 0 Å². The number of ether oxygens (including phenoxy) is 1. The van der Waals surface area contributed by atoms with Gasteiger partial charge in [0.05, 0.1) is 19.3 Å². The Balaban J connectivity index is 1.48. The number of sulfonamides is 1. The number of hydrogen-bond donors (Lipinski definition) is 3. The number of carbonyl (C=O) groups excluding carboxylic acids is 2. The fourth-order valence-electron chi connectivity index (χ4n) is 4.33. The number of amides is 2. The van der Waals surface area contributed by atoms with E-state index in [4.69, 9.17) is 4.74 Å². The summed E-state index contributed by atoms with van der Waals surface area (Å²) in [4.78, 5) is 26.2. The van der Waals surface area contributed by atoms with Gasteiger partial charge in [-0.2, -0.15) is 0 Å². The molecule has 3 N–H and O–H groups in total. The van der Waals surface area contributed by atoms with Crippen molar-refractivity contribution in [2.24, 2.45) is 0 Å². The van der Waals surface area contributed by atoms with Gasteiger partial charge < -0.3 is 20.3 Å². The molecule has 4 rings (SSSR count). The van der Waals surface area contributed by atoms with E-state index < -0.39 is 10.0 Å². The summed E-state index contributed by atoms with van der Waals surface area (Å²) in [5, 5.41) is 5.90. The molecule has 0 radical (unpaired) electrons. The van der Waals surface area contributed by atoms with Gasteiger partial charge in [-0.1, -0.05) is 54.1 Å². The highest BCUT2D eigenvalue weighted by Gasteiger charge is 2.21. The van der Waals surface area contributed by atoms with E-state index in [9.17, 15) is 18.0 Å². The minimum absolute atomic E-state index is 0.0211. The van der Waals surface area contributed by atoms with E-state index >= 15 is 0 Å². The molecule has 9 nitrogen and oxygen atoms in total. The maximum atomic E-state index is 13.5. The lowest BCUT2D eigenvalue weighted by atomic mass is 10.0. The highest BCUT2D eigenvalue weighted by molar-refractivity contribution is 7.92. The van der Waals surface area contributed by atoms with Crippen LogP contribution in [-0.2, 0) is 21.4 Å². The molecule has 0 unspecified atom stereocenters. The van der Waals surface area contributed by atoms with Crippen LogP contribution in [0.1, 0.15) is 21.5 Å². The summed E-state index contributed by atoms with van der Waals surface area (Å²) in [6.45, 7) is 2.43. The molecule has 218 valence electrons. The molecule has 4 aromatic carbocycles. The van der Waals surface area contributed by atoms with Gasteiger partial charge in [0.2, 0.25) is 5.91 Å². The van der Waals surface area contributed by atoms with E-state index in [1.165, 1.54) is 18.1 Å². The molecule has 42 heavy (non-hydrogen) atoms. The average molecular weight is 587 g/mol. The Bertz CT molecular complexity index is 1700. The first-order chi connectivity index (χ1) is 20.1. The third-order valence-corrected chi connectivity index (χ3v) is 7.84. The summed E-state index contributed by atoms with van der Waals surface area (Å²) in [5.41, 5.74) is 4.80. The van der Waals surface area contributed by atoms with Crippen molar-refractivity contribution in [1.82, 2.24) is 10.2 Å². The zero-order valence-electron chi connectivity index (χ0n) is 24.0. The predicted molar refractivity (Wildman–Crippen MR) is 165 cm³/mol. The van der Waals surface area contributed by atoms with Gasteiger partial charge in [-0.3, -0.25) is 14.3 Å². The number of benzene rings is 4. The van der Waals surface area contributed by atoms with E-state index in [1.54, 1.807) is 68.7 Å². The number of carbonyl (C=O) groups is 2. The highest BCUT2D eigenvalue weighted by atomic mass is 32.2. The molecule has 0 saturated carbocycles. The zero-order valence-corrected chi connectivity index (χ0v) is 24.8. The van der Waals surface area contributed by atoms with Crippen LogP contribution in [-0.4, -0.2) is 52.9 Å². The van der Waals surface area contributed by atoms with E-state index in [1.807, 2.05) is 37.3 Å². The monoisotopic (exact) mass is 586 g/mol. The second kappa shape index (κ2) is 13.2.